The lowest BCUT2D eigenvalue weighted by atomic mass is 10.0. The molecule has 0 saturated carbocycles. The van der Waals surface area contributed by atoms with Gasteiger partial charge in [-0.1, -0.05) is 32.0 Å². The third-order valence-corrected chi connectivity index (χ3v) is 6.10. The van der Waals surface area contributed by atoms with E-state index >= 15 is 0 Å². The molecule has 3 N–H and O–H groups in total. The number of halogens is 1. The molecule has 1 aliphatic rings. The van der Waals surface area contributed by atoms with Gasteiger partial charge in [0.1, 0.15) is 0 Å². The number of aliphatic imine (C=N–C) groups is 1. The van der Waals surface area contributed by atoms with E-state index in [1.54, 1.807) is 0 Å². The predicted molar refractivity (Wildman–Crippen MR) is 117 cm³/mol. The number of ether oxygens (including phenoxy) is 1. The van der Waals surface area contributed by atoms with Crippen LogP contribution in [0.5, 0.6) is 0 Å². The van der Waals surface area contributed by atoms with E-state index in [-0.39, 0.29) is 42.2 Å². The number of aryl methyl sites for hydroxylation is 2. The van der Waals surface area contributed by atoms with Gasteiger partial charge in [0.05, 0.1) is 25.5 Å². The fourth-order valence-electron chi connectivity index (χ4n) is 2.81. The fourth-order valence-corrected chi connectivity index (χ4v) is 4.09. The molecule has 1 saturated heterocycles. The maximum Gasteiger partial charge on any atom is 0.216 e. The number of morpholine rings is 1. The molecule has 1 heterocycles. The van der Waals surface area contributed by atoms with E-state index in [1.807, 2.05) is 6.07 Å². The first-order valence-corrected chi connectivity index (χ1v) is 10.3. The standard InChI is InChI=1S/C17H28N4O3S.HI/c1-3-14-6-5-7-15(4-2)16(14)20-17(18)19-8-13-25(22,23)21-9-11-24-12-10-21;/h5-7H,3-4,8-13H2,1-2H3,(H3,18,19,20);1H. The van der Waals surface area contributed by atoms with E-state index in [4.69, 9.17) is 10.5 Å². The van der Waals surface area contributed by atoms with E-state index < -0.39 is 10.0 Å². The van der Waals surface area contributed by atoms with Gasteiger partial charge in [-0.3, -0.25) is 4.99 Å². The number of hydrogen-bond donors (Lipinski definition) is 2. The van der Waals surface area contributed by atoms with Crippen LogP contribution in [0, 0.1) is 0 Å². The second-order valence-electron chi connectivity index (χ2n) is 5.88. The first kappa shape index (κ1) is 23.1. The summed E-state index contributed by atoms with van der Waals surface area (Å²) in [5.74, 6) is 0.193. The molecule has 0 amide bonds. The molecular weight excluding hydrogens is 467 g/mol. The molecule has 2 rings (SSSR count). The summed E-state index contributed by atoms with van der Waals surface area (Å²) in [6.07, 6.45) is 1.77. The normalized spacial score (nSPS) is 16.2. The smallest absolute Gasteiger partial charge is 0.216 e. The molecule has 7 nitrogen and oxygen atoms in total. The minimum atomic E-state index is -3.31. The Bertz CT molecular complexity index is 682. The fraction of sp³-hybridized carbons (Fsp3) is 0.588. The molecule has 1 aliphatic heterocycles. The van der Waals surface area contributed by atoms with Crippen LogP contribution < -0.4 is 11.1 Å². The molecule has 0 radical (unpaired) electrons. The lowest BCUT2D eigenvalue weighted by Crippen LogP contribution is -2.42. The molecule has 0 atom stereocenters. The predicted octanol–water partition coefficient (Wildman–Crippen LogP) is 1.82. The molecule has 9 heteroatoms. The van der Waals surface area contributed by atoms with Gasteiger partial charge in [-0.15, -0.1) is 24.0 Å². The van der Waals surface area contributed by atoms with Crippen molar-refractivity contribution < 1.29 is 13.2 Å². The van der Waals surface area contributed by atoms with Crippen LogP contribution in [0.1, 0.15) is 25.0 Å². The van der Waals surface area contributed by atoms with Crippen molar-refractivity contribution in [2.24, 2.45) is 10.7 Å². The average Bonchev–Trinajstić information content (AvgIpc) is 2.62. The molecule has 1 fully saturated rings. The largest absolute Gasteiger partial charge is 0.379 e. The number of nitrogens with two attached hydrogens (primary N) is 1. The number of nitrogens with zero attached hydrogens (tertiary/aromatic N) is 2. The van der Waals surface area contributed by atoms with Crippen LogP contribution in [0.4, 0.5) is 5.69 Å². The molecule has 0 bridgehead atoms. The maximum absolute atomic E-state index is 12.3. The van der Waals surface area contributed by atoms with E-state index in [9.17, 15) is 8.42 Å². The Morgan fingerprint density at radius 2 is 1.81 bits per heavy atom. The molecule has 1 aromatic carbocycles. The molecule has 0 aliphatic carbocycles. The first-order valence-electron chi connectivity index (χ1n) is 8.71. The first-order chi connectivity index (χ1) is 12.0. The van der Waals surface area contributed by atoms with Crippen molar-refractivity contribution in [3.63, 3.8) is 0 Å². The maximum atomic E-state index is 12.3. The Balaban J connectivity index is 0.00000338. The van der Waals surface area contributed by atoms with E-state index in [0.29, 0.717) is 26.3 Å². The summed E-state index contributed by atoms with van der Waals surface area (Å²) in [5, 5.41) is 3.15. The quantitative estimate of drug-likeness (QED) is 0.341. The third-order valence-electron chi connectivity index (χ3n) is 4.25. The van der Waals surface area contributed by atoms with Gasteiger partial charge in [0, 0.05) is 18.8 Å². The lowest BCUT2D eigenvalue weighted by Gasteiger charge is -2.25. The van der Waals surface area contributed by atoms with Crippen LogP contribution >= 0.6 is 24.0 Å². The average molecular weight is 496 g/mol. The van der Waals surface area contributed by atoms with Gasteiger partial charge in [-0.25, -0.2) is 8.42 Å². The van der Waals surface area contributed by atoms with Gasteiger partial charge in [-0.05, 0) is 24.0 Å². The van der Waals surface area contributed by atoms with Gasteiger partial charge < -0.3 is 15.8 Å². The SMILES string of the molecule is CCc1cccc(CC)c1NC(N)=NCCS(=O)(=O)N1CCOCC1.I. The zero-order valence-corrected chi connectivity index (χ0v) is 18.5. The number of sulfonamides is 1. The zero-order chi connectivity index (χ0) is 18.3. The van der Waals surface area contributed by atoms with Crippen LogP contribution in [-0.4, -0.2) is 57.3 Å². The van der Waals surface area contributed by atoms with E-state index in [1.165, 1.54) is 15.4 Å². The van der Waals surface area contributed by atoms with Gasteiger partial charge in [0.15, 0.2) is 5.96 Å². The van der Waals surface area contributed by atoms with Gasteiger partial charge in [0.25, 0.3) is 0 Å². The van der Waals surface area contributed by atoms with Crippen molar-refractivity contribution >= 4 is 45.6 Å². The highest BCUT2D eigenvalue weighted by Crippen LogP contribution is 2.22. The summed E-state index contributed by atoms with van der Waals surface area (Å²) >= 11 is 0. The molecule has 1 aromatic rings. The van der Waals surface area contributed by atoms with E-state index in [2.05, 4.69) is 36.3 Å². The van der Waals surface area contributed by atoms with Crippen molar-refractivity contribution in [2.45, 2.75) is 26.7 Å². The molecule has 0 aromatic heterocycles. The van der Waals surface area contributed by atoms with Gasteiger partial charge in [-0.2, -0.15) is 4.31 Å². The van der Waals surface area contributed by atoms with Crippen LogP contribution in [0.25, 0.3) is 0 Å². The number of benzene rings is 1. The van der Waals surface area contributed by atoms with Crippen LogP contribution in [0.3, 0.4) is 0 Å². The summed E-state index contributed by atoms with van der Waals surface area (Å²) in [6, 6.07) is 6.14. The van der Waals surface area contributed by atoms with Crippen molar-refractivity contribution in [3.8, 4) is 0 Å². The Kier molecular flexibility index (Phi) is 9.83. The van der Waals surface area contributed by atoms with Gasteiger partial charge in [0.2, 0.25) is 10.0 Å². The molecule has 26 heavy (non-hydrogen) atoms. The lowest BCUT2D eigenvalue weighted by molar-refractivity contribution is 0.0731. The summed E-state index contributed by atoms with van der Waals surface area (Å²) in [5.41, 5.74) is 9.28. The summed E-state index contributed by atoms with van der Waals surface area (Å²) < 4.78 is 31.2. The highest BCUT2D eigenvalue weighted by molar-refractivity contribution is 14.0. The highest BCUT2D eigenvalue weighted by Gasteiger charge is 2.23. The van der Waals surface area contributed by atoms with Crippen molar-refractivity contribution in [1.29, 1.82) is 0 Å². The second kappa shape index (κ2) is 11.1. The van der Waals surface area contributed by atoms with Crippen LogP contribution in [-0.2, 0) is 27.6 Å². The minimum absolute atomic E-state index is 0. The monoisotopic (exact) mass is 496 g/mol. The Morgan fingerprint density at radius 1 is 1.23 bits per heavy atom. The number of hydrogen-bond acceptors (Lipinski definition) is 4. The van der Waals surface area contributed by atoms with Crippen LogP contribution in [0.2, 0.25) is 0 Å². The minimum Gasteiger partial charge on any atom is -0.379 e. The summed E-state index contributed by atoms with van der Waals surface area (Å²) in [4.78, 5) is 4.20. The van der Waals surface area contributed by atoms with Crippen molar-refractivity contribution in [1.82, 2.24) is 4.31 Å². The second-order valence-corrected chi connectivity index (χ2v) is 7.97. The molecule has 0 spiro atoms. The Hall–Kier alpha value is -0.910. The summed E-state index contributed by atoms with van der Waals surface area (Å²) in [7, 11) is -3.31. The van der Waals surface area contributed by atoms with Crippen molar-refractivity contribution in [3.05, 3.63) is 29.3 Å². The summed E-state index contributed by atoms with van der Waals surface area (Å²) in [6.45, 7) is 6.01. The Labute approximate surface area is 173 Å². The number of para-hydroxylation sites is 1. The number of rotatable bonds is 7. The molecule has 148 valence electrons. The number of guanidine groups is 1. The van der Waals surface area contributed by atoms with E-state index in [0.717, 1.165) is 18.5 Å². The number of nitrogens with one attached hydrogen (secondary N) is 1. The van der Waals surface area contributed by atoms with Crippen LogP contribution in [0.15, 0.2) is 23.2 Å². The van der Waals surface area contributed by atoms with Crippen molar-refractivity contribution in [2.75, 3.05) is 43.9 Å². The number of anilines is 1. The molecule has 0 unspecified atom stereocenters. The topological polar surface area (TPSA) is 97.0 Å². The van der Waals surface area contributed by atoms with Gasteiger partial charge >= 0.3 is 0 Å². The third kappa shape index (κ3) is 6.36. The molecular formula is C17H29IN4O3S. The highest BCUT2D eigenvalue weighted by atomic mass is 127. The zero-order valence-electron chi connectivity index (χ0n) is 15.4. The Morgan fingerprint density at radius 3 is 2.35 bits per heavy atom.